The molecule has 3 rings (SSSR count). The van der Waals surface area contributed by atoms with E-state index in [1.807, 2.05) is 0 Å². The molecule has 2 N–H and O–H groups in total. The second-order valence-electron chi connectivity index (χ2n) is 4.08. The maximum atomic E-state index is 12.5. The fourth-order valence-corrected chi connectivity index (χ4v) is 1.84. The highest BCUT2D eigenvalue weighted by atomic mass is 19.4. The monoisotopic (exact) mass is 279 g/mol. The van der Waals surface area contributed by atoms with E-state index in [1.165, 1.54) is 22.8 Å². The first kappa shape index (κ1) is 12.4. The number of fused-ring (bicyclic) bond motifs is 1. The molecule has 0 saturated carbocycles. The summed E-state index contributed by atoms with van der Waals surface area (Å²) in [5.74, 6) is 0.451. The van der Waals surface area contributed by atoms with Crippen LogP contribution < -0.4 is 5.73 Å². The molecule has 0 aliphatic rings. The molecular formula is C12H8F3N5. The fourth-order valence-electron chi connectivity index (χ4n) is 1.84. The fraction of sp³-hybridized carbons (Fsp3) is 0.0833. The lowest BCUT2D eigenvalue weighted by molar-refractivity contribution is -0.137. The number of nitrogens with two attached hydrogens (primary N) is 1. The highest BCUT2D eigenvalue weighted by molar-refractivity contribution is 5.59. The Balaban J connectivity index is 2.11. The summed E-state index contributed by atoms with van der Waals surface area (Å²) in [6, 6.07) is 6.27. The predicted molar refractivity (Wildman–Crippen MR) is 65.6 cm³/mol. The zero-order chi connectivity index (χ0) is 14.3. The lowest BCUT2D eigenvalue weighted by Crippen LogP contribution is -2.04. The van der Waals surface area contributed by atoms with Crippen molar-refractivity contribution in [1.82, 2.24) is 19.6 Å². The van der Waals surface area contributed by atoms with Gasteiger partial charge in [-0.3, -0.25) is 0 Å². The van der Waals surface area contributed by atoms with Gasteiger partial charge in [0.2, 0.25) is 5.95 Å². The number of hydrogen-bond donors (Lipinski definition) is 1. The predicted octanol–water partition coefficient (Wildman–Crippen LogP) is 2.39. The van der Waals surface area contributed by atoms with Crippen molar-refractivity contribution in [2.24, 2.45) is 0 Å². The van der Waals surface area contributed by atoms with Crippen LogP contribution in [0.25, 0.3) is 17.0 Å². The minimum absolute atomic E-state index is 0.0751. The minimum Gasteiger partial charge on any atom is -0.366 e. The van der Waals surface area contributed by atoms with Crippen molar-refractivity contribution in [1.29, 1.82) is 0 Å². The highest BCUT2D eigenvalue weighted by Crippen LogP contribution is 2.30. The Labute approximate surface area is 110 Å². The molecule has 20 heavy (non-hydrogen) atoms. The van der Waals surface area contributed by atoms with Crippen molar-refractivity contribution < 1.29 is 13.2 Å². The van der Waals surface area contributed by atoms with Gasteiger partial charge in [0.05, 0.1) is 5.56 Å². The third kappa shape index (κ3) is 2.04. The summed E-state index contributed by atoms with van der Waals surface area (Å²) in [5, 5.41) is 3.96. The van der Waals surface area contributed by atoms with E-state index in [9.17, 15) is 13.2 Å². The quantitative estimate of drug-likeness (QED) is 0.742. The first-order valence-electron chi connectivity index (χ1n) is 5.60. The van der Waals surface area contributed by atoms with Crippen molar-refractivity contribution in [3.05, 3.63) is 42.1 Å². The van der Waals surface area contributed by atoms with Crippen LogP contribution in [0, 0.1) is 0 Å². The second kappa shape index (κ2) is 4.19. The van der Waals surface area contributed by atoms with Gasteiger partial charge in [0, 0.05) is 17.8 Å². The molecule has 0 amide bonds. The molecule has 2 heterocycles. The largest absolute Gasteiger partial charge is 0.416 e. The van der Waals surface area contributed by atoms with E-state index in [0.717, 1.165) is 12.1 Å². The van der Waals surface area contributed by atoms with E-state index in [1.54, 1.807) is 6.07 Å². The number of halogens is 3. The zero-order valence-electron chi connectivity index (χ0n) is 9.96. The molecule has 0 aliphatic heterocycles. The normalized spacial score (nSPS) is 11.9. The van der Waals surface area contributed by atoms with Crippen LogP contribution in [0.5, 0.6) is 0 Å². The Bertz CT molecular complexity index is 761. The van der Waals surface area contributed by atoms with Crippen LogP contribution in [-0.2, 0) is 6.18 Å². The third-order valence-electron chi connectivity index (χ3n) is 2.74. The van der Waals surface area contributed by atoms with Crippen molar-refractivity contribution >= 4 is 11.6 Å². The highest BCUT2D eigenvalue weighted by Gasteiger charge is 2.30. The minimum atomic E-state index is -4.37. The molecule has 8 heteroatoms. The van der Waals surface area contributed by atoms with Gasteiger partial charge in [-0.15, -0.1) is 5.10 Å². The summed E-state index contributed by atoms with van der Waals surface area (Å²) in [4.78, 5) is 8.07. The Morgan fingerprint density at radius 3 is 2.40 bits per heavy atom. The van der Waals surface area contributed by atoms with Crippen LogP contribution >= 0.6 is 0 Å². The van der Waals surface area contributed by atoms with E-state index in [4.69, 9.17) is 5.73 Å². The smallest absolute Gasteiger partial charge is 0.366 e. The summed E-state index contributed by atoms with van der Waals surface area (Å²) in [6.07, 6.45) is -2.87. The molecule has 0 aliphatic carbocycles. The van der Waals surface area contributed by atoms with Crippen LogP contribution in [0.4, 0.5) is 19.1 Å². The van der Waals surface area contributed by atoms with Crippen LogP contribution in [0.3, 0.4) is 0 Å². The molecule has 0 radical (unpaired) electrons. The molecular weight excluding hydrogens is 271 g/mol. The Morgan fingerprint density at radius 1 is 1.05 bits per heavy atom. The molecule has 0 saturated heterocycles. The number of anilines is 1. The van der Waals surface area contributed by atoms with Gasteiger partial charge in [-0.2, -0.15) is 22.7 Å². The molecule has 102 valence electrons. The molecule has 0 atom stereocenters. The van der Waals surface area contributed by atoms with Crippen LogP contribution in [0.1, 0.15) is 5.56 Å². The summed E-state index contributed by atoms with van der Waals surface area (Å²) >= 11 is 0. The lowest BCUT2D eigenvalue weighted by atomic mass is 10.1. The number of benzene rings is 1. The second-order valence-corrected chi connectivity index (χ2v) is 4.08. The molecule has 0 unspecified atom stereocenters. The van der Waals surface area contributed by atoms with E-state index >= 15 is 0 Å². The SMILES string of the molecule is Nc1nc2ccnc(-c3ccc(C(F)(F)F)cc3)n2n1. The molecule has 1 aromatic carbocycles. The van der Waals surface area contributed by atoms with Crippen LogP contribution in [0.2, 0.25) is 0 Å². The van der Waals surface area contributed by atoms with Crippen LogP contribution in [0.15, 0.2) is 36.5 Å². The van der Waals surface area contributed by atoms with Crippen LogP contribution in [-0.4, -0.2) is 19.6 Å². The average Bonchev–Trinajstić information content (AvgIpc) is 2.78. The number of hydrogen-bond acceptors (Lipinski definition) is 4. The Hall–Kier alpha value is -2.64. The molecule has 5 nitrogen and oxygen atoms in total. The first-order valence-corrected chi connectivity index (χ1v) is 5.60. The van der Waals surface area contributed by atoms with Gasteiger partial charge in [0.15, 0.2) is 11.5 Å². The van der Waals surface area contributed by atoms with Gasteiger partial charge < -0.3 is 5.73 Å². The topological polar surface area (TPSA) is 69.1 Å². The van der Waals surface area contributed by atoms with Gasteiger partial charge in [0.1, 0.15) is 0 Å². The first-order chi connectivity index (χ1) is 9.45. The van der Waals surface area contributed by atoms with E-state index < -0.39 is 11.7 Å². The van der Waals surface area contributed by atoms with E-state index in [2.05, 4.69) is 15.1 Å². The number of nitrogen functional groups attached to an aromatic ring is 1. The molecule has 3 aromatic rings. The van der Waals surface area contributed by atoms with Crippen molar-refractivity contribution in [3.63, 3.8) is 0 Å². The molecule has 0 bridgehead atoms. The number of nitrogens with zero attached hydrogens (tertiary/aromatic N) is 4. The molecule has 2 aromatic heterocycles. The van der Waals surface area contributed by atoms with Gasteiger partial charge in [-0.1, -0.05) is 12.1 Å². The maximum Gasteiger partial charge on any atom is 0.416 e. The molecule has 0 spiro atoms. The van der Waals surface area contributed by atoms with Gasteiger partial charge in [-0.05, 0) is 12.1 Å². The summed E-state index contributed by atoms with van der Waals surface area (Å²) < 4.78 is 38.9. The number of rotatable bonds is 1. The third-order valence-corrected chi connectivity index (χ3v) is 2.74. The average molecular weight is 279 g/mol. The van der Waals surface area contributed by atoms with E-state index in [0.29, 0.717) is 17.0 Å². The van der Waals surface area contributed by atoms with Crippen molar-refractivity contribution in [2.75, 3.05) is 5.73 Å². The summed E-state index contributed by atoms with van der Waals surface area (Å²) in [7, 11) is 0. The van der Waals surface area contributed by atoms with Crippen molar-refractivity contribution in [2.45, 2.75) is 6.18 Å². The summed E-state index contributed by atoms with van der Waals surface area (Å²) in [5.41, 5.74) is 5.76. The van der Waals surface area contributed by atoms with E-state index in [-0.39, 0.29) is 5.95 Å². The lowest BCUT2D eigenvalue weighted by Gasteiger charge is -2.07. The number of aromatic nitrogens is 4. The maximum absolute atomic E-state index is 12.5. The molecule has 0 fully saturated rings. The Kier molecular flexibility index (Phi) is 2.60. The van der Waals surface area contributed by atoms with Gasteiger partial charge in [-0.25, -0.2) is 4.98 Å². The zero-order valence-corrected chi connectivity index (χ0v) is 9.96. The van der Waals surface area contributed by atoms with Gasteiger partial charge >= 0.3 is 6.18 Å². The summed E-state index contributed by atoms with van der Waals surface area (Å²) in [6.45, 7) is 0. The van der Waals surface area contributed by atoms with Gasteiger partial charge in [0.25, 0.3) is 0 Å². The standard InChI is InChI=1S/C12H8F3N5/c13-12(14,15)8-3-1-7(2-4-8)10-17-6-5-9-18-11(16)19-20(9)10/h1-6H,(H2,16,19). The Morgan fingerprint density at radius 2 is 1.75 bits per heavy atom. The number of alkyl halides is 3. The van der Waals surface area contributed by atoms with Crippen molar-refractivity contribution in [3.8, 4) is 11.4 Å².